The summed E-state index contributed by atoms with van der Waals surface area (Å²) in [5.74, 6) is -0.364. The van der Waals surface area contributed by atoms with Crippen LogP contribution in [0.3, 0.4) is 0 Å². The second kappa shape index (κ2) is 7.86. The Labute approximate surface area is 156 Å². The van der Waals surface area contributed by atoms with Crippen LogP contribution in [0.25, 0.3) is 6.08 Å². The van der Waals surface area contributed by atoms with Crippen LogP contribution in [0.4, 0.5) is 0 Å². The minimum absolute atomic E-state index is 0.213. The van der Waals surface area contributed by atoms with Gasteiger partial charge >= 0.3 is 5.97 Å². The first-order valence-corrected chi connectivity index (χ1v) is 8.54. The predicted octanol–water partition coefficient (Wildman–Crippen LogP) is 3.36. The van der Waals surface area contributed by atoms with Crippen molar-refractivity contribution in [3.8, 4) is 0 Å². The Morgan fingerprint density at radius 3 is 2.56 bits per heavy atom. The molecule has 2 heterocycles. The van der Waals surface area contributed by atoms with Crippen molar-refractivity contribution in [3.63, 3.8) is 0 Å². The number of aldehydes is 1. The maximum Gasteiger partial charge on any atom is 0.340 e. The summed E-state index contributed by atoms with van der Waals surface area (Å²) in [6, 6.07) is 10.4. The lowest BCUT2D eigenvalue weighted by Gasteiger charge is -2.18. The van der Waals surface area contributed by atoms with E-state index in [1.807, 2.05) is 0 Å². The van der Waals surface area contributed by atoms with Crippen LogP contribution >= 0.6 is 0 Å². The number of hydrogen-bond acceptors (Lipinski definition) is 5. The number of esters is 1. The van der Waals surface area contributed by atoms with Crippen LogP contribution in [0.2, 0.25) is 0 Å². The number of nitrogens with zero attached hydrogens (tertiary/aromatic N) is 1. The molecule has 27 heavy (non-hydrogen) atoms. The first-order valence-electron chi connectivity index (χ1n) is 8.54. The SMILES string of the molecule is CCOC(=O)C1=C(C)N(Cc2ccc(C=O)cc2)C(=O)/C1=C\c1ccco1. The number of allylic oxidation sites excluding steroid dienone is 1. The van der Waals surface area contributed by atoms with E-state index in [2.05, 4.69) is 0 Å². The largest absolute Gasteiger partial charge is 0.465 e. The monoisotopic (exact) mass is 365 g/mol. The van der Waals surface area contributed by atoms with E-state index < -0.39 is 5.97 Å². The lowest BCUT2D eigenvalue weighted by Crippen LogP contribution is -2.24. The molecule has 0 aliphatic carbocycles. The maximum absolute atomic E-state index is 13.0. The molecular weight excluding hydrogens is 346 g/mol. The van der Waals surface area contributed by atoms with Crippen LogP contribution in [0.15, 0.2) is 63.9 Å². The average molecular weight is 365 g/mol. The minimum Gasteiger partial charge on any atom is -0.465 e. The number of furan rings is 1. The Morgan fingerprint density at radius 2 is 1.96 bits per heavy atom. The van der Waals surface area contributed by atoms with Crippen LogP contribution in [0, 0.1) is 0 Å². The second-order valence-corrected chi connectivity index (χ2v) is 6.01. The van der Waals surface area contributed by atoms with Crippen LogP contribution < -0.4 is 0 Å². The number of carbonyl (C=O) groups is 3. The fraction of sp³-hybridized carbons (Fsp3) is 0.190. The molecule has 3 rings (SSSR count). The number of amides is 1. The number of ether oxygens (including phenoxy) is 1. The molecule has 0 radical (unpaired) electrons. The van der Waals surface area contributed by atoms with Crippen molar-refractivity contribution in [1.82, 2.24) is 4.90 Å². The van der Waals surface area contributed by atoms with E-state index in [9.17, 15) is 14.4 Å². The summed E-state index contributed by atoms with van der Waals surface area (Å²) in [5.41, 5.74) is 2.41. The highest BCUT2D eigenvalue weighted by Gasteiger charge is 2.37. The average Bonchev–Trinajstić information content (AvgIpc) is 3.25. The molecule has 6 heteroatoms. The zero-order valence-corrected chi connectivity index (χ0v) is 15.1. The van der Waals surface area contributed by atoms with Gasteiger partial charge in [-0.3, -0.25) is 9.59 Å². The van der Waals surface area contributed by atoms with E-state index in [0.29, 0.717) is 17.0 Å². The summed E-state index contributed by atoms with van der Waals surface area (Å²) in [6.45, 7) is 3.92. The lowest BCUT2D eigenvalue weighted by atomic mass is 10.1. The van der Waals surface area contributed by atoms with Gasteiger partial charge < -0.3 is 14.1 Å². The number of rotatable bonds is 6. The van der Waals surface area contributed by atoms with Gasteiger partial charge in [-0.2, -0.15) is 0 Å². The molecule has 0 saturated heterocycles. The van der Waals surface area contributed by atoms with Gasteiger partial charge in [0.15, 0.2) is 0 Å². The summed E-state index contributed by atoms with van der Waals surface area (Å²) >= 11 is 0. The molecule has 0 bridgehead atoms. The molecule has 1 aromatic heterocycles. The van der Waals surface area contributed by atoms with Gasteiger partial charge in [-0.15, -0.1) is 0 Å². The summed E-state index contributed by atoms with van der Waals surface area (Å²) in [6.07, 6.45) is 3.81. The van der Waals surface area contributed by atoms with Crippen molar-refractivity contribution in [1.29, 1.82) is 0 Å². The van der Waals surface area contributed by atoms with Crippen molar-refractivity contribution < 1.29 is 23.5 Å². The maximum atomic E-state index is 13.0. The molecule has 1 aliphatic rings. The van der Waals surface area contributed by atoms with Gasteiger partial charge in [-0.25, -0.2) is 4.79 Å². The number of hydrogen-bond donors (Lipinski definition) is 0. The molecule has 0 fully saturated rings. The molecule has 1 aliphatic heterocycles. The molecule has 138 valence electrons. The fourth-order valence-electron chi connectivity index (χ4n) is 2.92. The van der Waals surface area contributed by atoms with Gasteiger partial charge in [0.1, 0.15) is 12.0 Å². The van der Waals surface area contributed by atoms with Gasteiger partial charge in [-0.05, 0) is 37.6 Å². The van der Waals surface area contributed by atoms with Crippen molar-refractivity contribution in [3.05, 3.63) is 76.4 Å². The molecule has 0 spiro atoms. The summed E-state index contributed by atoms with van der Waals surface area (Å²) < 4.78 is 10.4. The van der Waals surface area contributed by atoms with E-state index >= 15 is 0 Å². The summed E-state index contributed by atoms with van der Waals surface area (Å²) in [5, 5.41) is 0. The van der Waals surface area contributed by atoms with Crippen LogP contribution in [-0.2, 0) is 20.9 Å². The van der Waals surface area contributed by atoms with Crippen molar-refractivity contribution in [2.45, 2.75) is 20.4 Å². The normalized spacial score (nSPS) is 15.6. The summed E-state index contributed by atoms with van der Waals surface area (Å²) in [4.78, 5) is 37.8. The van der Waals surface area contributed by atoms with Crippen LogP contribution in [0.5, 0.6) is 0 Å². The Kier molecular flexibility index (Phi) is 5.35. The highest BCUT2D eigenvalue weighted by atomic mass is 16.5. The van der Waals surface area contributed by atoms with Gasteiger partial charge in [0.25, 0.3) is 5.91 Å². The Hall–Kier alpha value is -3.41. The van der Waals surface area contributed by atoms with E-state index in [0.717, 1.165) is 11.8 Å². The smallest absolute Gasteiger partial charge is 0.340 e. The topological polar surface area (TPSA) is 76.8 Å². The minimum atomic E-state index is -0.542. The summed E-state index contributed by atoms with van der Waals surface area (Å²) in [7, 11) is 0. The number of carbonyl (C=O) groups excluding carboxylic acids is 3. The molecule has 0 atom stereocenters. The second-order valence-electron chi connectivity index (χ2n) is 6.01. The van der Waals surface area contributed by atoms with E-state index in [1.165, 1.54) is 11.2 Å². The quantitative estimate of drug-likeness (QED) is 0.446. The van der Waals surface area contributed by atoms with Crippen molar-refractivity contribution >= 4 is 24.2 Å². The number of benzene rings is 1. The van der Waals surface area contributed by atoms with Gasteiger partial charge in [-0.1, -0.05) is 24.3 Å². The lowest BCUT2D eigenvalue weighted by molar-refractivity contribution is -0.138. The molecule has 6 nitrogen and oxygen atoms in total. The van der Waals surface area contributed by atoms with E-state index in [1.54, 1.807) is 56.3 Å². The third-order valence-electron chi connectivity index (χ3n) is 4.28. The molecule has 0 saturated carbocycles. The molecule has 1 aromatic carbocycles. The first kappa shape index (κ1) is 18.4. The Balaban J connectivity index is 1.97. The molecular formula is C21H19NO5. The van der Waals surface area contributed by atoms with Crippen LogP contribution in [0.1, 0.15) is 35.5 Å². The molecule has 2 aromatic rings. The standard InChI is InChI=1S/C21H19NO5/c1-3-26-21(25)19-14(2)22(12-15-6-8-16(13-23)9-7-15)20(24)18(19)11-17-5-4-10-27-17/h4-11,13H,3,12H2,1-2H3/b18-11-. The fourth-order valence-corrected chi connectivity index (χ4v) is 2.92. The van der Waals surface area contributed by atoms with Gasteiger partial charge in [0.2, 0.25) is 0 Å². The predicted molar refractivity (Wildman–Crippen MR) is 98.4 cm³/mol. The first-order chi connectivity index (χ1) is 13.0. The highest BCUT2D eigenvalue weighted by molar-refractivity contribution is 6.16. The molecule has 0 N–H and O–H groups in total. The Bertz CT molecular complexity index is 920. The molecule has 1 amide bonds. The zero-order valence-electron chi connectivity index (χ0n) is 15.1. The van der Waals surface area contributed by atoms with Crippen molar-refractivity contribution in [2.24, 2.45) is 0 Å². The van der Waals surface area contributed by atoms with E-state index in [-0.39, 0.29) is 30.2 Å². The van der Waals surface area contributed by atoms with E-state index in [4.69, 9.17) is 9.15 Å². The zero-order chi connectivity index (χ0) is 19.4. The van der Waals surface area contributed by atoms with Gasteiger partial charge in [0.05, 0.1) is 30.6 Å². The van der Waals surface area contributed by atoms with Crippen molar-refractivity contribution in [2.75, 3.05) is 6.61 Å². The van der Waals surface area contributed by atoms with Crippen LogP contribution in [-0.4, -0.2) is 29.7 Å². The van der Waals surface area contributed by atoms with Gasteiger partial charge in [0, 0.05) is 11.3 Å². The third-order valence-corrected chi connectivity index (χ3v) is 4.28. The Morgan fingerprint density at radius 1 is 1.22 bits per heavy atom. The highest BCUT2D eigenvalue weighted by Crippen LogP contribution is 2.33. The molecule has 0 unspecified atom stereocenters. The third kappa shape index (κ3) is 3.74.